The van der Waals surface area contributed by atoms with Crippen LogP contribution in [0.5, 0.6) is 0 Å². The van der Waals surface area contributed by atoms with Crippen molar-refractivity contribution in [1.82, 2.24) is 24.7 Å². The fraction of sp³-hybridized carbons (Fsp3) is 0.240. The molecule has 1 aliphatic rings. The van der Waals surface area contributed by atoms with Crippen LogP contribution in [0.25, 0.3) is 11.3 Å². The number of pyridine rings is 1. The van der Waals surface area contributed by atoms with Gasteiger partial charge in [-0.05, 0) is 35.9 Å². The lowest BCUT2D eigenvalue weighted by atomic mass is 10.2. The minimum absolute atomic E-state index is 0.550. The molecule has 0 spiro atoms. The van der Waals surface area contributed by atoms with Gasteiger partial charge < -0.3 is 20.1 Å². The van der Waals surface area contributed by atoms with Crippen molar-refractivity contribution < 1.29 is 27.8 Å². The largest absolute Gasteiger partial charge is 0.490 e. The number of hydrogen-bond acceptors (Lipinski definition) is 8. The number of carbonyl (C=O) groups is 1. The van der Waals surface area contributed by atoms with Gasteiger partial charge in [-0.25, -0.2) is 14.8 Å². The standard InChI is InChI=1S/C23H23N7O.C2HF3O2/c1-7-26-30(9-1)17-18-2-4-20(5-3-18)27-23-25-8-6-22(28-23)19-14-21(16-24-15-19)29-10-12-31-13-11-29;3-2(4,5)1(6)7/h1-9,14-16H,10-13,17H2,(H,25,27,28);(H,6,7). The second-order valence-corrected chi connectivity index (χ2v) is 8.13. The highest BCUT2D eigenvalue weighted by atomic mass is 19.4. The summed E-state index contributed by atoms with van der Waals surface area (Å²) in [6.45, 7) is 3.97. The first-order valence-electron chi connectivity index (χ1n) is 11.5. The first-order valence-corrected chi connectivity index (χ1v) is 11.5. The molecule has 1 fully saturated rings. The third kappa shape index (κ3) is 7.49. The Morgan fingerprint density at radius 1 is 1.08 bits per heavy atom. The first kappa shape index (κ1) is 26.5. The van der Waals surface area contributed by atoms with Crippen LogP contribution in [-0.2, 0) is 16.1 Å². The number of carboxylic acid groups (broad SMARTS) is 1. The zero-order valence-corrected chi connectivity index (χ0v) is 20.0. The number of rotatable bonds is 6. The average Bonchev–Trinajstić information content (AvgIpc) is 3.44. The maximum Gasteiger partial charge on any atom is 0.490 e. The van der Waals surface area contributed by atoms with E-state index in [0.717, 1.165) is 55.5 Å². The molecule has 1 aliphatic heterocycles. The van der Waals surface area contributed by atoms with Gasteiger partial charge in [0.15, 0.2) is 0 Å². The summed E-state index contributed by atoms with van der Waals surface area (Å²) >= 11 is 0. The van der Waals surface area contributed by atoms with E-state index in [9.17, 15) is 13.2 Å². The number of nitrogens with zero attached hydrogens (tertiary/aromatic N) is 6. The summed E-state index contributed by atoms with van der Waals surface area (Å²) in [5.74, 6) is -2.21. The van der Waals surface area contributed by atoms with E-state index in [2.05, 4.69) is 48.5 Å². The molecule has 0 aliphatic carbocycles. The molecule has 2 N–H and O–H groups in total. The summed E-state index contributed by atoms with van der Waals surface area (Å²) in [7, 11) is 0. The summed E-state index contributed by atoms with van der Waals surface area (Å²) in [6, 6.07) is 14.1. The van der Waals surface area contributed by atoms with Crippen LogP contribution in [0.1, 0.15) is 5.56 Å². The SMILES string of the molecule is O=C(O)C(F)(F)F.c1cnn(Cc2ccc(Nc3nccc(-c4cncc(N5CCOCC5)c4)n3)cc2)c1. The van der Waals surface area contributed by atoms with Crippen LogP contribution in [0.3, 0.4) is 0 Å². The zero-order valence-electron chi connectivity index (χ0n) is 20.0. The molecule has 0 bridgehead atoms. The maximum absolute atomic E-state index is 10.6. The van der Waals surface area contributed by atoms with Crippen molar-refractivity contribution in [3.63, 3.8) is 0 Å². The number of hydrogen-bond donors (Lipinski definition) is 2. The van der Waals surface area contributed by atoms with Gasteiger partial charge in [0.1, 0.15) is 0 Å². The molecule has 5 rings (SSSR count). The minimum atomic E-state index is -5.08. The molecule has 4 aromatic rings. The highest BCUT2D eigenvalue weighted by molar-refractivity contribution is 5.73. The average molecular weight is 528 g/mol. The van der Waals surface area contributed by atoms with E-state index in [1.165, 1.54) is 5.56 Å². The molecule has 1 saturated heterocycles. The molecule has 0 saturated carbocycles. The van der Waals surface area contributed by atoms with Gasteiger partial charge in [0, 0.05) is 49.1 Å². The molecule has 0 unspecified atom stereocenters. The predicted octanol–water partition coefficient (Wildman–Crippen LogP) is 4.00. The minimum Gasteiger partial charge on any atom is -0.475 e. The fourth-order valence-electron chi connectivity index (χ4n) is 3.55. The summed E-state index contributed by atoms with van der Waals surface area (Å²) < 4.78 is 39.1. The van der Waals surface area contributed by atoms with E-state index in [0.29, 0.717) is 5.95 Å². The van der Waals surface area contributed by atoms with Crippen LogP contribution in [0.15, 0.2) is 73.4 Å². The van der Waals surface area contributed by atoms with E-state index < -0.39 is 12.1 Å². The monoisotopic (exact) mass is 527 g/mol. The first-order chi connectivity index (χ1) is 18.3. The second kappa shape index (κ2) is 12.1. The van der Waals surface area contributed by atoms with E-state index in [4.69, 9.17) is 14.6 Å². The molecular weight excluding hydrogens is 503 g/mol. The lowest BCUT2D eigenvalue weighted by Gasteiger charge is -2.28. The fourth-order valence-corrected chi connectivity index (χ4v) is 3.55. The number of carboxylic acids is 1. The Kier molecular flexibility index (Phi) is 8.48. The van der Waals surface area contributed by atoms with E-state index in [-0.39, 0.29) is 0 Å². The van der Waals surface area contributed by atoms with Crippen molar-refractivity contribution in [2.24, 2.45) is 0 Å². The molecule has 38 heavy (non-hydrogen) atoms. The Bertz CT molecular complexity index is 1330. The van der Waals surface area contributed by atoms with Crippen LogP contribution in [0.4, 0.5) is 30.5 Å². The van der Waals surface area contributed by atoms with Gasteiger partial charge in [-0.3, -0.25) is 9.67 Å². The highest BCUT2D eigenvalue weighted by Gasteiger charge is 2.38. The van der Waals surface area contributed by atoms with E-state index in [1.807, 2.05) is 47.5 Å². The smallest absolute Gasteiger partial charge is 0.475 e. The van der Waals surface area contributed by atoms with Crippen molar-refractivity contribution in [2.75, 3.05) is 36.5 Å². The number of ether oxygens (including phenoxy) is 1. The summed E-state index contributed by atoms with van der Waals surface area (Å²) in [5, 5.41) is 14.7. The van der Waals surface area contributed by atoms with E-state index >= 15 is 0 Å². The third-order valence-electron chi connectivity index (χ3n) is 5.41. The summed E-state index contributed by atoms with van der Waals surface area (Å²) in [6.07, 6.45) is 4.14. The zero-order chi connectivity index (χ0) is 27.0. The predicted molar refractivity (Wildman–Crippen MR) is 133 cm³/mol. The van der Waals surface area contributed by atoms with E-state index in [1.54, 1.807) is 12.4 Å². The van der Waals surface area contributed by atoms with Crippen molar-refractivity contribution in [2.45, 2.75) is 12.7 Å². The molecule has 0 atom stereocenters. The van der Waals surface area contributed by atoms with Gasteiger partial charge >= 0.3 is 12.1 Å². The Labute approximate surface area is 215 Å². The lowest BCUT2D eigenvalue weighted by molar-refractivity contribution is -0.192. The topological polar surface area (TPSA) is 118 Å². The summed E-state index contributed by atoms with van der Waals surface area (Å²) in [4.78, 5) is 24.7. The number of benzene rings is 1. The lowest BCUT2D eigenvalue weighted by Crippen LogP contribution is -2.36. The quantitative estimate of drug-likeness (QED) is 0.384. The third-order valence-corrected chi connectivity index (χ3v) is 5.41. The summed E-state index contributed by atoms with van der Waals surface area (Å²) in [5.41, 5.74) is 4.98. The molecule has 0 radical (unpaired) electrons. The number of anilines is 3. The number of aliphatic carboxylic acids is 1. The molecule has 10 nitrogen and oxygen atoms in total. The van der Waals surface area contributed by atoms with Crippen LogP contribution in [-0.4, -0.2) is 68.3 Å². The second-order valence-electron chi connectivity index (χ2n) is 8.13. The van der Waals surface area contributed by atoms with Gasteiger partial charge in [0.05, 0.1) is 37.3 Å². The van der Waals surface area contributed by atoms with Crippen molar-refractivity contribution >= 4 is 23.3 Å². The molecule has 3 aromatic heterocycles. The van der Waals surface area contributed by atoms with Crippen LogP contribution in [0, 0.1) is 0 Å². The van der Waals surface area contributed by atoms with Crippen LogP contribution >= 0.6 is 0 Å². The number of halogens is 3. The molecular formula is C25H24F3N7O3. The number of morpholine rings is 1. The highest BCUT2D eigenvalue weighted by Crippen LogP contribution is 2.24. The van der Waals surface area contributed by atoms with Gasteiger partial charge in [-0.2, -0.15) is 18.3 Å². The molecule has 198 valence electrons. The van der Waals surface area contributed by atoms with Gasteiger partial charge in [0.25, 0.3) is 0 Å². The molecule has 13 heteroatoms. The molecule has 0 amide bonds. The normalized spacial score (nSPS) is 13.4. The van der Waals surface area contributed by atoms with Gasteiger partial charge in [0.2, 0.25) is 5.95 Å². The Morgan fingerprint density at radius 2 is 1.82 bits per heavy atom. The van der Waals surface area contributed by atoms with Gasteiger partial charge in [-0.1, -0.05) is 12.1 Å². The maximum atomic E-state index is 10.6. The van der Waals surface area contributed by atoms with Gasteiger partial charge in [-0.15, -0.1) is 0 Å². The van der Waals surface area contributed by atoms with Crippen LogP contribution in [0.2, 0.25) is 0 Å². The molecule has 1 aromatic carbocycles. The Morgan fingerprint density at radius 3 is 2.47 bits per heavy atom. The van der Waals surface area contributed by atoms with Crippen molar-refractivity contribution in [3.05, 3.63) is 79.0 Å². The Hall–Kier alpha value is -4.52. The van der Waals surface area contributed by atoms with Crippen molar-refractivity contribution in [1.29, 1.82) is 0 Å². The number of nitrogens with one attached hydrogen (secondary N) is 1. The van der Waals surface area contributed by atoms with Crippen LogP contribution < -0.4 is 10.2 Å². The number of aromatic nitrogens is 5. The number of alkyl halides is 3. The van der Waals surface area contributed by atoms with Crippen molar-refractivity contribution in [3.8, 4) is 11.3 Å². The molecule has 4 heterocycles. The Balaban J connectivity index is 0.000000426.